The summed E-state index contributed by atoms with van der Waals surface area (Å²) in [6.45, 7) is 7.18. The maximum atomic E-state index is 12.6. The molecule has 2 aliphatic rings. The summed E-state index contributed by atoms with van der Waals surface area (Å²) >= 11 is 0. The van der Waals surface area contributed by atoms with E-state index in [1.807, 2.05) is 0 Å². The molecule has 12 heteroatoms. The number of sulfone groups is 2. The summed E-state index contributed by atoms with van der Waals surface area (Å²) in [6, 6.07) is 6.12. The standard InChI is InChI=1S/C18H22O4S.C12H10O6S/c1-3-9-17(19)11-5-15(6-12-17)23(21,22)16-7-13-18(20,10-4-2)14-8-16;13-9-3-1-7(5-11(9)15)19(17,18)8-2-4-10(14)12(16)6-8/h3-8,11,13,19-20H,1-2,9-10,12,14H2;1-6,13-16H. The fourth-order valence-electron chi connectivity index (χ4n) is 4.12. The van der Waals surface area contributed by atoms with Crippen LogP contribution < -0.4 is 0 Å². The monoisotopic (exact) mass is 616 g/mol. The molecule has 0 heterocycles. The summed E-state index contributed by atoms with van der Waals surface area (Å²) < 4.78 is 49.6. The van der Waals surface area contributed by atoms with Crippen molar-refractivity contribution in [3.8, 4) is 23.0 Å². The normalized spacial score (nSPS) is 21.9. The number of benzene rings is 2. The zero-order valence-corrected chi connectivity index (χ0v) is 24.1. The third kappa shape index (κ3) is 7.21. The lowest BCUT2D eigenvalue weighted by molar-refractivity contribution is 0.0959. The highest BCUT2D eigenvalue weighted by molar-refractivity contribution is 7.99. The van der Waals surface area contributed by atoms with Crippen molar-refractivity contribution in [1.29, 1.82) is 0 Å². The SMILES string of the molecule is C=CCC1(O)C=CC(S(=O)(=O)C2=CCC(O)(CC=C)C=C2)=CC1.O=S(=O)(c1ccc(O)c(O)c1)c1ccc(O)c(O)c1. The second kappa shape index (κ2) is 12.4. The van der Waals surface area contributed by atoms with Gasteiger partial charge in [-0.1, -0.05) is 36.5 Å². The zero-order valence-electron chi connectivity index (χ0n) is 22.5. The van der Waals surface area contributed by atoms with Crippen LogP contribution in [0.25, 0.3) is 0 Å². The largest absolute Gasteiger partial charge is 0.504 e. The van der Waals surface area contributed by atoms with Gasteiger partial charge in [0.15, 0.2) is 23.0 Å². The number of aliphatic hydroxyl groups is 2. The molecule has 2 aromatic rings. The molecular formula is C30H32O10S2. The quantitative estimate of drug-likeness (QED) is 0.186. The van der Waals surface area contributed by atoms with Crippen LogP contribution in [0, 0.1) is 0 Å². The van der Waals surface area contributed by atoms with Crippen molar-refractivity contribution in [2.75, 3.05) is 0 Å². The number of aromatic hydroxyl groups is 4. The molecule has 0 aromatic heterocycles. The fourth-order valence-corrected chi connectivity index (χ4v) is 6.79. The molecule has 224 valence electrons. The van der Waals surface area contributed by atoms with E-state index in [2.05, 4.69) is 13.2 Å². The van der Waals surface area contributed by atoms with Crippen LogP contribution >= 0.6 is 0 Å². The van der Waals surface area contributed by atoms with Crippen LogP contribution in [-0.2, 0) is 19.7 Å². The van der Waals surface area contributed by atoms with E-state index in [1.54, 1.807) is 12.2 Å². The van der Waals surface area contributed by atoms with E-state index < -0.39 is 53.9 Å². The lowest BCUT2D eigenvalue weighted by atomic mass is 9.92. The van der Waals surface area contributed by atoms with E-state index in [-0.39, 0.29) is 32.4 Å². The molecule has 2 atom stereocenters. The van der Waals surface area contributed by atoms with Gasteiger partial charge >= 0.3 is 0 Å². The van der Waals surface area contributed by atoms with Gasteiger partial charge in [0.1, 0.15) is 0 Å². The summed E-state index contributed by atoms with van der Waals surface area (Å²) in [5.74, 6) is -2.01. The van der Waals surface area contributed by atoms with Gasteiger partial charge in [-0.2, -0.15) is 0 Å². The Morgan fingerprint density at radius 1 is 0.643 bits per heavy atom. The van der Waals surface area contributed by atoms with Crippen LogP contribution in [0.4, 0.5) is 0 Å². The predicted molar refractivity (Wildman–Crippen MR) is 157 cm³/mol. The van der Waals surface area contributed by atoms with E-state index in [4.69, 9.17) is 10.2 Å². The Morgan fingerprint density at radius 2 is 1.02 bits per heavy atom. The third-order valence-electron chi connectivity index (χ3n) is 6.56. The predicted octanol–water partition coefficient (Wildman–Crippen LogP) is 4.05. The van der Waals surface area contributed by atoms with Crippen molar-refractivity contribution < 1.29 is 47.5 Å². The molecule has 0 saturated heterocycles. The number of rotatable bonds is 8. The van der Waals surface area contributed by atoms with E-state index in [9.17, 15) is 37.3 Å². The first kappa shape index (κ1) is 32.4. The van der Waals surface area contributed by atoms with Gasteiger partial charge in [-0.3, -0.25) is 0 Å². The molecule has 10 nitrogen and oxygen atoms in total. The summed E-state index contributed by atoms with van der Waals surface area (Å²) in [5, 5.41) is 57.3. The van der Waals surface area contributed by atoms with Crippen molar-refractivity contribution in [2.24, 2.45) is 0 Å². The Kier molecular flexibility index (Phi) is 9.58. The molecule has 0 fully saturated rings. The van der Waals surface area contributed by atoms with Crippen molar-refractivity contribution in [2.45, 2.75) is 46.7 Å². The van der Waals surface area contributed by atoms with Gasteiger partial charge in [0, 0.05) is 12.1 Å². The summed E-state index contributed by atoms with van der Waals surface area (Å²) in [6.07, 6.45) is 13.3. The molecule has 0 amide bonds. The molecule has 2 aliphatic carbocycles. The van der Waals surface area contributed by atoms with Crippen LogP contribution in [0.2, 0.25) is 0 Å². The van der Waals surface area contributed by atoms with Gasteiger partial charge < -0.3 is 30.6 Å². The lowest BCUT2D eigenvalue weighted by Gasteiger charge is -2.27. The van der Waals surface area contributed by atoms with E-state index in [0.29, 0.717) is 12.8 Å². The smallest absolute Gasteiger partial charge is 0.206 e. The molecule has 2 aromatic carbocycles. The minimum atomic E-state index is -3.96. The average molecular weight is 617 g/mol. The molecular weight excluding hydrogens is 584 g/mol. The van der Waals surface area contributed by atoms with Crippen LogP contribution in [0.3, 0.4) is 0 Å². The van der Waals surface area contributed by atoms with E-state index in [0.717, 1.165) is 36.4 Å². The fraction of sp³-hybridized carbons (Fsp3) is 0.200. The number of allylic oxidation sites excluding steroid dienone is 2. The second-order valence-corrected chi connectivity index (χ2v) is 13.7. The first-order valence-corrected chi connectivity index (χ1v) is 15.5. The molecule has 0 aliphatic heterocycles. The average Bonchev–Trinajstić information content (AvgIpc) is 2.92. The first-order chi connectivity index (χ1) is 19.6. The Balaban J connectivity index is 0.000000235. The zero-order chi connectivity index (χ0) is 31.3. The summed E-state index contributed by atoms with van der Waals surface area (Å²) in [4.78, 5) is -0.159. The van der Waals surface area contributed by atoms with Gasteiger partial charge in [-0.25, -0.2) is 16.8 Å². The van der Waals surface area contributed by atoms with Crippen molar-refractivity contribution >= 4 is 19.7 Å². The maximum Gasteiger partial charge on any atom is 0.206 e. The molecule has 0 spiro atoms. The second-order valence-electron chi connectivity index (χ2n) is 9.79. The Labute approximate surface area is 244 Å². The number of hydrogen-bond donors (Lipinski definition) is 6. The topological polar surface area (TPSA) is 190 Å². The van der Waals surface area contributed by atoms with Gasteiger partial charge in [0.25, 0.3) is 0 Å². The van der Waals surface area contributed by atoms with Gasteiger partial charge in [0.05, 0.1) is 30.8 Å². The first-order valence-electron chi connectivity index (χ1n) is 12.6. The highest BCUT2D eigenvalue weighted by Gasteiger charge is 2.31. The lowest BCUT2D eigenvalue weighted by Crippen LogP contribution is -2.28. The van der Waals surface area contributed by atoms with Gasteiger partial charge in [-0.15, -0.1) is 13.2 Å². The van der Waals surface area contributed by atoms with Crippen molar-refractivity contribution in [3.63, 3.8) is 0 Å². The van der Waals surface area contributed by atoms with Gasteiger partial charge in [0.2, 0.25) is 19.7 Å². The van der Waals surface area contributed by atoms with Crippen LogP contribution in [0.5, 0.6) is 23.0 Å². The van der Waals surface area contributed by atoms with Crippen LogP contribution in [-0.4, -0.2) is 58.7 Å². The summed E-state index contributed by atoms with van der Waals surface area (Å²) in [7, 11) is -7.60. The highest BCUT2D eigenvalue weighted by Crippen LogP contribution is 2.35. The molecule has 42 heavy (non-hydrogen) atoms. The third-order valence-corrected chi connectivity index (χ3v) is 10.2. The Bertz CT molecular complexity index is 1600. The minimum absolute atomic E-state index is 0.163. The highest BCUT2D eigenvalue weighted by atomic mass is 32.2. The number of hydrogen-bond acceptors (Lipinski definition) is 10. The molecule has 2 unspecified atom stereocenters. The number of phenols is 4. The molecule has 0 radical (unpaired) electrons. The molecule has 6 N–H and O–H groups in total. The Morgan fingerprint density at radius 3 is 1.31 bits per heavy atom. The number of phenolic OH excluding ortho intramolecular Hbond substituents is 4. The van der Waals surface area contributed by atoms with Gasteiger partial charge in [-0.05, 0) is 62.1 Å². The maximum absolute atomic E-state index is 12.6. The van der Waals surface area contributed by atoms with E-state index >= 15 is 0 Å². The minimum Gasteiger partial charge on any atom is -0.504 e. The molecule has 4 rings (SSSR count). The summed E-state index contributed by atoms with van der Waals surface area (Å²) in [5.41, 5.74) is -2.14. The molecule has 0 bridgehead atoms. The van der Waals surface area contributed by atoms with E-state index in [1.165, 1.54) is 36.5 Å². The molecule has 0 saturated carbocycles. The van der Waals surface area contributed by atoms with Crippen molar-refractivity contribution in [1.82, 2.24) is 0 Å². The Hall–Kier alpha value is -4.10. The van der Waals surface area contributed by atoms with Crippen molar-refractivity contribution in [3.05, 3.63) is 108 Å². The van der Waals surface area contributed by atoms with Crippen LogP contribution in [0.15, 0.2) is 118 Å². The van der Waals surface area contributed by atoms with Crippen LogP contribution in [0.1, 0.15) is 25.7 Å².